The Bertz CT molecular complexity index is 4070. The molecule has 11 rings (SSSR count). The van der Waals surface area contributed by atoms with Gasteiger partial charge in [-0.1, -0.05) is 465 Å². The van der Waals surface area contributed by atoms with Gasteiger partial charge in [0, 0.05) is 9.50 Å². The third-order valence-corrected chi connectivity index (χ3v) is 24.1. The van der Waals surface area contributed by atoms with Crippen LogP contribution >= 0.6 is 27.5 Å². The number of aliphatic hydroxyl groups excluding tert-OH is 2. The number of hydrogen-bond donors (Lipinski definition) is 6. The number of hydrogen-bond acceptors (Lipinski definition) is 12. The highest BCUT2D eigenvalue weighted by atomic mass is 79.9. The molecule has 10 aromatic carbocycles. The number of phenolic OH excluding ortho intramolecular Hbond substituents is 4. The van der Waals surface area contributed by atoms with E-state index in [1.54, 1.807) is 44.6 Å². The molecule has 1 aliphatic rings. The number of benzene rings is 10. The fourth-order valence-electron chi connectivity index (χ4n) is 12.0. The number of ether oxygens (including phenoxy) is 5. The van der Waals surface area contributed by atoms with Crippen LogP contribution in [0.2, 0.25) is 5.02 Å². The third kappa shape index (κ3) is 78.6. The van der Waals surface area contributed by atoms with Crippen LogP contribution in [0, 0.1) is 5.92 Å². The van der Waals surface area contributed by atoms with Crippen LogP contribution in [0.1, 0.15) is 512 Å². The lowest BCUT2D eigenvalue weighted by Crippen LogP contribution is -2.10. The first-order valence-corrected chi connectivity index (χ1v) is 46.6. The molecule has 1 heterocycles. The molecule has 1 aliphatic heterocycles. The SMILES string of the molecule is C.C.C.C.C.C.C.C.C.C.C.C.C.C.C.C.C.C.C.C.C.C.CCC(C)C(=O)OC.CCC(C)c1cc(CO)cc(OC)c1.CCC(C)c1cc(CO)cc(OC)c1.CCC(C)c1ccc(Br)cc1.CCC(C)c1ccc(Cl)cc1.CCC(C)c1ccc(O)cc1.CCC(C)c1ccc2c(c1)OCO2.CCC(C)c1cccc(O)c1.CCC(C)c1cccc(O)c1.CCC(C)c1cccc(O)c1.CCC(C)c1ccccc1. The second-order valence-electron chi connectivity index (χ2n) is 32.5. The molecule has 147 heavy (non-hydrogen) atoms. The van der Waals surface area contributed by atoms with E-state index in [0.717, 1.165) is 95.0 Å². The molecule has 0 amide bonds. The number of rotatable bonds is 26. The third-order valence-electron chi connectivity index (χ3n) is 23.3. The largest absolute Gasteiger partial charge is 0.508 e. The van der Waals surface area contributed by atoms with Crippen molar-refractivity contribution >= 4 is 33.5 Å². The maximum absolute atomic E-state index is 10.5. The molecule has 0 bridgehead atoms. The zero-order valence-corrected chi connectivity index (χ0v) is 82.9. The predicted octanol–water partition coefficient (Wildman–Crippen LogP) is 46.2. The van der Waals surface area contributed by atoms with Crippen LogP contribution in [0.5, 0.6) is 46.0 Å². The van der Waals surface area contributed by atoms with Gasteiger partial charge in [0.25, 0.3) is 0 Å². The van der Waals surface area contributed by atoms with E-state index in [4.69, 9.17) is 61.2 Å². The van der Waals surface area contributed by atoms with Gasteiger partial charge in [0.05, 0.1) is 40.5 Å². The lowest BCUT2D eigenvalue weighted by Gasteiger charge is -2.12. The summed E-state index contributed by atoms with van der Waals surface area (Å²) in [5, 5.41) is 55.5. The quantitative estimate of drug-likeness (QED) is 0.0283. The molecule has 0 fully saturated rings. The Labute approximate surface area is 931 Å². The van der Waals surface area contributed by atoms with Crippen molar-refractivity contribution in [2.45, 2.75) is 459 Å². The molecular weight excluding hydrogens is 1900 g/mol. The van der Waals surface area contributed by atoms with E-state index in [1.165, 1.54) is 82.0 Å². The molecule has 14 heteroatoms. The van der Waals surface area contributed by atoms with Crippen LogP contribution in [0.4, 0.5) is 0 Å². The van der Waals surface area contributed by atoms with Gasteiger partial charge in [-0.15, -0.1) is 0 Å². The van der Waals surface area contributed by atoms with Crippen molar-refractivity contribution in [2.75, 3.05) is 28.1 Å². The number of phenols is 4. The van der Waals surface area contributed by atoms with Crippen LogP contribution < -0.4 is 18.9 Å². The summed E-state index contributed by atoms with van der Waals surface area (Å²) in [6.45, 7) is 48.0. The molecule has 0 aromatic heterocycles. The first-order chi connectivity index (χ1) is 59.7. The lowest BCUT2D eigenvalue weighted by molar-refractivity contribution is -0.144. The number of methoxy groups -OCH3 is 3. The van der Waals surface area contributed by atoms with Crippen LogP contribution in [0.3, 0.4) is 0 Å². The summed E-state index contributed by atoms with van der Waals surface area (Å²) in [7, 11) is 4.71. The summed E-state index contributed by atoms with van der Waals surface area (Å²) in [6.07, 6.45) is 12.3. The standard InChI is InChI=1S/2C12H18O2.C11H14O2.C10H13Br.C10H13Cl.4C10H14O.C10H14.C6H12O2.22CH4/c2*1-4-9(2)11-5-10(8-13)6-12(7-11)14-3;1-3-8(2)9-4-5-10-11(6-9)13-7-12-10;3*1-3-8(2)9-4-6-10(11)7-5-9;3*1-3-8(2)9-5-4-6-10(11)7-9;1-3-9(2)10-7-5-4-6-8-10;1-4-5(2)6(7)8-3;;;;;;;;;;;;;;;;;;;;;;/h2*5-7,9,13H,4,8H2,1-3H3;4-6,8H,3,7H2,1-2H3;2*4-8H,3H2,1-2H3;4*4-8,11H,3H2,1-2H3;4-9H,3H2,1-2H3;5H,4H2,1-3H3;22*1H4. The highest BCUT2D eigenvalue weighted by Gasteiger charge is 2.16. The molecule has 864 valence electrons. The van der Waals surface area contributed by atoms with Crippen molar-refractivity contribution < 1.29 is 59.1 Å². The summed E-state index contributed by atoms with van der Waals surface area (Å²) in [4.78, 5) is 10.5. The Balaban J connectivity index is -0.0000000577. The molecule has 0 aliphatic carbocycles. The molecule has 11 unspecified atom stereocenters. The van der Waals surface area contributed by atoms with Crippen LogP contribution in [0.25, 0.3) is 0 Å². The zero-order valence-electron chi connectivity index (χ0n) is 80.6. The first-order valence-electron chi connectivity index (χ1n) is 45.5. The number of aromatic hydroxyl groups is 4. The molecule has 11 atom stereocenters. The van der Waals surface area contributed by atoms with Crippen molar-refractivity contribution in [1.82, 2.24) is 0 Å². The monoisotopic (exact) mass is 2150 g/mol. The second kappa shape index (κ2) is 112. The van der Waals surface area contributed by atoms with Crippen molar-refractivity contribution in [3.8, 4) is 46.0 Å². The van der Waals surface area contributed by atoms with E-state index in [-0.39, 0.29) is 188 Å². The predicted molar refractivity (Wildman–Crippen MR) is 681 cm³/mol. The maximum atomic E-state index is 10.5. The van der Waals surface area contributed by atoms with E-state index in [1.807, 2.05) is 135 Å². The molecule has 0 radical (unpaired) electrons. The van der Waals surface area contributed by atoms with Gasteiger partial charge in [0.15, 0.2) is 11.5 Å². The average molecular weight is 2150 g/mol. The highest BCUT2D eigenvalue weighted by molar-refractivity contribution is 9.10. The van der Waals surface area contributed by atoms with Gasteiger partial charge in [-0.05, 0) is 306 Å². The lowest BCUT2D eigenvalue weighted by atomic mass is 9.96. The number of fused-ring (bicyclic) bond motifs is 1. The molecule has 0 spiro atoms. The molecular formula is C133H246BrClO12. The Kier molecular flexibility index (Phi) is 147. The van der Waals surface area contributed by atoms with Gasteiger partial charge >= 0.3 is 5.97 Å². The normalized spacial score (nSPS) is 11.2. The Morgan fingerprint density at radius 1 is 0.279 bits per heavy atom. The smallest absolute Gasteiger partial charge is 0.308 e. The zero-order chi connectivity index (χ0) is 93.9. The van der Waals surface area contributed by atoms with Crippen molar-refractivity contribution in [2.24, 2.45) is 5.92 Å². The summed E-state index contributed by atoms with van der Waals surface area (Å²) in [6, 6.07) is 75.2. The summed E-state index contributed by atoms with van der Waals surface area (Å²) >= 11 is 9.18. The minimum absolute atomic E-state index is 0. The fourth-order valence-corrected chi connectivity index (χ4v) is 12.4. The number of esters is 1. The minimum Gasteiger partial charge on any atom is -0.508 e. The Morgan fingerprint density at radius 3 is 0.782 bits per heavy atom. The Hall–Kier alpha value is -9.24. The van der Waals surface area contributed by atoms with Crippen LogP contribution in [0.15, 0.2) is 235 Å². The number of carbonyl (C=O) groups is 1. The number of aliphatic hydroxyl groups is 2. The van der Waals surface area contributed by atoms with Gasteiger partial charge < -0.3 is 54.3 Å². The van der Waals surface area contributed by atoms with Gasteiger partial charge in [-0.3, -0.25) is 4.79 Å². The molecule has 12 nitrogen and oxygen atoms in total. The molecule has 10 aromatic rings. The second-order valence-corrected chi connectivity index (χ2v) is 33.8. The van der Waals surface area contributed by atoms with E-state index < -0.39 is 0 Å². The van der Waals surface area contributed by atoms with E-state index in [9.17, 15) is 4.79 Å². The fraction of sp³-hybridized carbons (Fsp3) is 0.541. The maximum Gasteiger partial charge on any atom is 0.308 e. The van der Waals surface area contributed by atoms with Crippen LogP contribution in [-0.4, -0.2) is 64.7 Å². The Morgan fingerprint density at radius 2 is 0.524 bits per heavy atom. The summed E-state index contributed by atoms with van der Waals surface area (Å²) < 4.78 is 26.5. The van der Waals surface area contributed by atoms with Gasteiger partial charge in [0.2, 0.25) is 6.79 Å². The number of halogens is 2. The summed E-state index contributed by atoms with van der Waals surface area (Å²) in [5.41, 5.74) is 14.8. The van der Waals surface area contributed by atoms with Crippen molar-refractivity contribution in [1.29, 1.82) is 0 Å². The first kappa shape index (κ1) is 192. The van der Waals surface area contributed by atoms with Crippen LogP contribution in [-0.2, 0) is 22.7 Å². The molecule has 0 saturated heterocycles. The van der Waals surface area contributed by atoms with Gasteiger partial charge in [-0.2, -0.15) is 0 Å². The molecule has 6 N–H and O–H groups in total. The number of carbonyl (C=O) groups excluding carboxylic acids is 1. The molecule has 0 saturated carbocycles. The van der Waals surface area contributed by atoms with Gasteiger partial charge in [-0.25, -0.2) is 0 Å². The van der Waals surface area contributed by atoms with E-state index in [2.05, 4.69) is 238 Å². The van der Waals surface area contributed by atoms with Crippen molar-refractivity contribution in [3.05, 3.63) is 307 Å². The van der Waals surface area contributed by atoms with E-state index in [0.29, 0.717) is 89.0 Å². The van der Waals surface area contributed by atoms with Gasteiger partial charge in [0.1, 0.15) is 34.5 Å². The minimum atomic E-state index is -0.118. The average Bonchev–Trinajstić information content (AvgIpc) is 1.70. The highest BCUT2D eigenvalue weighted by Crippen LogP contribution is 2.36. The van der Waals surface area contributed by atoms with Crippen molar-refractivity contribution in [3.63, 3.8) is 0 Å². The topological polar surface area (TPSA) is 185 Å². The summed E-state index contributed by atoms with van der Waals surface area (Å²) in [5.74, 6) is 10.7. The van der Waals surface area contributed by atoms with E-state index >= 15 is 0 Å².